The molecule has 3 rings (SSSR count). The quantitative estimate of drug-likeness (QED) is 0.881. The molecule has 0 spiro atoms. The van der Waals surface area contributed by atoms with Crippen LogP contribution in [0.25, 0.3) is 0 Å². The maximum Gasteiger partial charge on any atom is 0.0219 e. The van der Waals surface area contributed by atoms with Crippen molar-refractivity contribution < 1.29 is 0 Å². The molecule has 1 aliphatic heterocycles. The molecule has 1 aromatic rings. The molecule has 1 saturated heterocycles. The van der Waals surface area contributed by atoms with E-state index in [9.17, 15) is 0 Å². The van der Waals surface area contributed by atoms with E-state index < -0.39 is 0 Å². The number of thiophene rings is 1. The van der Waals surface area contributed by atoms with Crippen molar-refractivity contribution in [3.8, 4) is 0 Å². The Morgan fingerprint density at radius 3 is 2.75 bits per heavy atom. The summed E-state index contributed by atoms with van der Waals surface area (Å²) in [4.78, 5) is 0. The van der Waals surface area contributed by atoms with Crippen molar-refractivity contribution in [2.75, 3.05) is 6.54 Å². The molecule has 0 bridgehead atoms. The van der Waals surface area contributed by atoms with Crippen LogP contribution in [0.2, 0.25) is 0 Å². The Hall–Kier alpha value is -0.380. The molecule has 3 heteroatoms. The van der Waals surface area contributed by atoms with Crippen LogP contribution in [-0.4, -0.2) is 18.6 Å². The van der Waals surface area contributed by atoms with Crippen LogP contribution in [0.5, 0.6) is 0 Å². The van der Waals surface area contributed by atoms with Crippen molar-refractivity contribution in [2.24, 2.45) is 5.92 Å². The maximum absolute atomic E-state index is 3.88. The summed E-state index contributed by atoms with van der Waals surface area (Å²) >= 11 is 1.83. The van der Waals surface area contributed by atoms with Gasteiger partial charge in [-0.25, -0.2) is 0 Å². The van der Waals surface area contributed by atoms with E-state index in [2.05, 4.69) is 28.3 Å². The van der Waals surface area contributed by atoms with Gasteiger partial charge in [-0.2, -0.15) is 11.3 Å². The summed E-state index contributed by atoms with van der Waals surface area (Å²) in [5.74, 6) is 0.850. The number of nitrogens with one attached hydrogen (secondary N) is 2. The Bertz CT molecular complexity index is 409. The van der Waals surface area contributed by atoms with Gasteiger partial charge in [-0.15, -0.1) is 0 Å². The van der Waals surface area contributed by atoms with Crippen LogP contribution >= 0.6 is 11.3 Å². The lowest BCUT2D eigenvalue weighted by Gasteiger charge is -2.40. The normalized spacial score (nSPS) is 31.4. The predicted molar refractivity (Wildman–Crippen MR) is 87.3 cm³/mol. The second-order valence-electron chi connectivity index (χ2n) is 6.57. The molecule has 3 atom stereocenters. The predicted octanol–water partition coefficient (Wildman–Crippen LogP) is 3.85. The zero-order chi connectivity index (χ0) is 13.8. The molecule has 2 aliphatic rings. The van der Waals surface area contributed by atoms with E-state index >= 15 is 0 Å². The summed E-state index contributed by atoms with van der Waals surface area (Å²) in [6, 6.07) is 1.49. The van der Waals surface area contributed by atoms with Crippen molar-refractivity contribution in [1.29, 1.82) is 0 Å². The molecule has 0 amide bonds. The van der Waals surface area contributed by atoms with E-state index in [1.165, 1.54) is 62.6 Å². The van der Waals surface area contributed by atoms with E-state index in [0.717, 1.165) is 24.5 Å². The minimum Gasteiger partial charge on any atom is -0.314 e. The third-order valence-electron chi connectivity index (χ3n) is 5.20. The molecule has 20 heavy (non-hydrogen) atoms. The first kappa shape index (κ1) is 14.6. The summed E-state index contributed by atoms with van der Waals surface area (Å²) < 4.78 is 0. The molecule has 112 valence electrons. The van der Waals surface area contributed by atoms with Crippen LogP contribution < -0.4 is 10.6 Å². The highest BCUT2D eigenvalue weighted by Crippen LogP contribution is 2.30. The van der Waals surface area contributed by atoms with Crippen LogP contribution in [0.15, 0.2) is 10.8 Å². The molecule has 2 nitrogen and oxygen atoms in total. The second kappa shape index (κ2) is 7.06. The first-order chi connectivity index (χ1) is 9.84. The lowest BCUT2D eigenvalue weighted by atomic mass is 9.77. The van der Waals surface area contributed by atoms with E-state index in [0.29, 0.717) is 0 Å². The Balaban J connectivity index is 1.58. The van der Waals surface area contributed by atoms with Gasteiger partial charge in [-0.05, 0) is 67.0 Å². The third kappa shape index (κ3) is 3.44. The van der Waals surface area contributed by atoms with Gasteiger partial charge in [0.25, 0.3) is 0 Å². The SMILES string of the molecule is Cc1cscc1CNC1CCCCC1C1CCCCN1. The van der Waals surface area contributed by atoms with Crippen molar-refractivity contribution in [3.05, 3.63) is 21.9 Å². The minimum absolute atomic E-state index is 0.721. The number of hydrogen-bond donors (Lipinski definition) is 2. The van der Waals surface area contributed by atoms with Crippen LogP contribution in [0.3, 0.4) is 0 Å². The van der Waals surface area contributed by atoms with Gasteiger partial charge >= 0.3 is 0 Å². The second-order valence-corrected chi connectivity index (χ2v) is 7.32. The van der Waals surface area contributed by atoms with Crippen molar-refractivity contribution in [3.63, 3.8) is 0 Å². The molecule has 0 radical (unpaired) electrons. The van der Waals surface area contributed by atoms with Gasteiger partial charge in [0.1, 0.15) is 0 Å². The average Bonchev–Trinajstić information content (AvgIpc) is 2.92. The van der Waals surface area contributed by atoms with Gasteiger partial charge in [0.15, 0.2) is 0 Å². The molecule has 1 aliphatic carbocycles. The molecule has 3 unspecified atom stereocenters. The Labute approximate surface area is 127 Å². The molecule has 0 aromatic carbocycles. The Morgan fingerprint density at radius 1 is 1.15 bits per heavy atom. The topological polar surface area (TPSA) is 24.1 Å². The van der Waals surface area contributed by atoms with E-state index in [4.69, 9.17) is 0 Å². The zero-order valence-corrected chi connectivity index (χ0v) is 13.5. The van der Waals surface area contributed by atoms with Crippen LogP contribution in [0.4, 0.5) is 0 Å². The molecular weight excluding hydrogens is 264 g/mol. The monoisotopic (exact) mass is 292 g/mol. The lowest BCUT2D eigenvalue weighted by Crippen LogP contribution is -2.50. The number of piperidine rings is 1. The summed E-state index contributed by atoms with van der Waals surface area (Å²) in [7, 11) is 0. The van der Waals surface area contributed by atoms with Crippen molar-refractivity contribution in [1.82, 2.24) is 10.6 Å². The maximum atomic E-state index is 3.88. The van der Waals surface area contributed by atoms with Crippen LogP contribution in [-0.2, 0) is 6.54 Å². The standard InChI is InChI=1S/C17H28N2S/c1-13-11-20-12-14(13)10-19-17-7-3-2-6-15(17)16-8-4-5-9-18-16/h11-12,15-19H,2-10H2,1H3. The molecule has 1 saturated carbocycles. The largest absolute Gasteiger partial charge is 0.314 e. The van der Waals surface area contributed by atoms with Gasteiger partial charge in [-0.1, -0.05) is 19.3 Å². The first-order valence-electron chi connectivity index (χ1n) is 8.33. The summed E-state index contributed by atoms with van der Waals surface area (Å²) in [5, 5.41) is 12.2. The van der Waals surface area contributed by atoms with Crippen molar-refractivity contribution >= 4 is 11.3 Å². The number of aryl methyl sites for hydroxylation is 1. The first-order valence-corrected chi connectivity index (χ1v) is 9.27. The smallest absolute Gasteiger partial charge is 0.0219 e. The van der Waals surface area contributed by atoms with Gasteiger partial charge in [0, 0.05) is 18.6 Å². The van der Waals surface area contributed by atoms with Crippen LogP contribution in [0.1, 0.15) is 56.1 Å². The van der Waals surface area contributed by atoms with E-state index in [1.54, 1.807) is 0 Å². The fourth-order valence-electron chi connectivity index (χ4n) is 3.95. The summed E-state index contributed by atoms with van der Waals surface area (Å²) in [6.07, 6.45) is 9.80. The molecule has 2 fully saturated rings. The molecule has 2 N–H and O–H groups in total. The number of rotatable bonds is 4. The Morgan fingerprint density at radius 2 is 2.00 bits per heavy atom. The molecule has 2 heterocycles. The molecular formula is C17H28N2S. The van der Waals surface area contributed by atoms with Gasteiger partial charge in [0.2, 0.25) is 0 Å². The van der Waals surface area contributed by atoms with Gasteiger partial charge < -0.3 is 10.6 Å². The minimum atomic E-state index is 0.721. The summed E-state index contributed by atoms with van der Waals surface area (Å²) in [5.41, 5.74) is 2.95. The third-order valence-corrected chi connectivity index (χ3v) is 6.11. The van der Waals surface area contributed by atoms with Crippen LogP contribution in [0, 0.1) is 12.8 Å². The Kier molecular flexibility index (Phi) is 5.14. The fraction of sp³-hybridized carbons (Fsp3) is 0.765. The van der Waals surface area contributed by atoms with Gasteiger partial charge in [-0.3, -0.25) is 0 Å². The lowest BCUT2D eigenvalue weighted by molar-refractivity contribution is 0.181. The van der Waals surface area contributed by atoms with Crippen molar-refractivity contribution in [2.45, 2.75) is 70.5 Å². The molecule has 1 aromatic heterocycles. The fourth-order valence-corrected chi connectivity index (χ4v) is 4.80. The average molecular weight is 292 g/mol. The van der Waals surface area contributed by atoms with Gasteiger partial charge in [0.05, 0.1) is 0 Å². The highest BCUT2D eigenvalue weighted by Gasteiger charge is 2.32. The number of hydrogen-bond acceptors (Lipinski definition) is 3. The van der Waals surface area contributed by atoms with E-state index in [-0.39, 0.29) is 0 Å². The highest BCUT2D eigenvalue weighted by atomic mass is 32.1. The van der Waals surface area contributed by atoms with E-state index in [1.807, 2.05) is 11.3 Å². The summed E-state index contributed by atoms with van der Waals surface area (Å²) in [6.45, 7) is 4.52. The zero-order valence-electron chi connectivity index (χ0n) is 12.7. The highest BCUT2D eigenvalue weighted by molar-refractivity contribution is 7.08.